The number of nitrogen functional groups attached to an aromatic ring is 1. The lowest BCUT2D eigenvalue weighted by molar-refractivity contribution is 0.940. The van der Waals surface area contributed by atoms with Gasteiger partial charge in [0.2, 0.25) is 0 Å². The van der Waals surface area contributed by atoms with E-state index in [-0.39, 0.29) is 0 Å². The van der Waals surface area contributed by atoms with Gasteiger partial charge in [0.15, 0.2) is 5.82 Å². The Kier molecular flexibility index (Phi) is 3.47. The molecule has 0 amide bonds. The van der Waals surface area contributed by atoms with Gasteiger partial charge in [-0.1, -0.05) is 28.1 Å². The molecule has 0 aliphatic carbocycles. The quantitative estimate of drug-likeness (QED) is 0.746. The number of H-pyrrole nitrogens is 1. The zero-order valence-electron chi connectivity index (χ0n) is 11.7. The van der Waals surface area contributed by atoms with Crippen LogP contribution < -0.4 is 5.73 Å². The molecule has 3 aromatic rings. The van der Waals surface area contributed by atoms with E-state index in [1.165, 1.54) is 0 Å². The topological polar surface area (TPSA) is 80.5 Å². The highest BCUT2D eigenvalue weighted by Crippen LogP contribution is 2.36. The lowest BCUT2D eigenvalue weighted by Crippen LogP contribution is -1.95. The van der Waals surface area contributed by atoms with Crippen molar-refractivity contribution in [3.05, 3.63) is 46.2 Å². The van der Waals surface area contributed by atoms with Crippen LogP contribution in [0.25, 0.3) is 22.4 Å². The molecule has 0 fully saturated rings. The molecule has 0 spiro atoms. The third-order valence-electron chi connectivity index (χ3n) is 3.30. The van der Waals surface area contributed by atoms with Gasteiger partial charge in [0.1, 0.15) is 0 Å². The molecule has 2 heterocycles. The lowest BCUT2D eigenvalue weighted by atomic mass is 10.00. The molecule has 21 heavy (non-hydrogen) atoms. The summed E-state index contributed by atoms with van der Waals surface area (Å²) >= 11 is 3.44. The Balaban J connectivity index is 2.21. The van der Waals surface area contributed by atoms with E-state index in [1.54, 1.807) is 0 Å². The Morgan fingerprint density at radius 2 is 1.81 bits per heavy atom. The largest absolute Gasteiger partial charge is 0.382 e. The lowest BCUT2D eigenvalue weighted by Gasteiger charge is -2.07. The molecule has 0 aliphatic rings. The van der Waals surface area contributed by atoms with Gasteiger partial charge in [-0.15, -0.1) is 0 Å². The minimum Gasteiger partial charge on any atom is -0.382 e. The summed E-state index contributed by atoms with van der Waals surface area (Å²) in [5, 5.41) is 15.4. The van der Waals surface area contributed by atoms with E-state index < -0.39 is 0 Å². The van der Waals surface area contributed by atoms with Crippen molar-refractivity contribution < 1.29 is 0 Å². The highest BCUT2D eigenvalue weighted by atomic mass is 79.9. The summed E-state index contributed by atoms with van der Waals surface area (Å²) in [5.74, 6) is 0.473. The van der Waals surface area contributed by atoms with E-state index in [4.69, 9.17) is 5.73 Å². The summed E-state index contributed by atoms with van der Waals surface area (Å²) in [5.41, 5.74) is 11.5. The maximum atomic E-state index is 6.05. The van der Waals surface area contributed by atoms with Crippen LogP contribution in [0, 0.1) is 13.8 Å². The molecule has 0 saturated carbocycles. The van der Waals surface area contributed by atoms with Crippen molar-refractivity contribution >= 4 is 21.7 Å². The van der Waals surface area contributed by atoms with Gasteiger partial charge in [0, 0.05) is 10.0 Å². The number of rotatable bonds is 2. The number of hydrogen-bond acceptors (Lipinski definition) is 4. The highest BCUT2D eigenvalue weighted by Gasteiger charge is 2.17. The first-order valence-electron chi connectivity index (χ1n) is 6.47. The molecule has 5 nitrogen and oxygen atoms in total. The number of benzene rings is 1. The fourth-order valence-electron chi connectivity index (χ4n) is 2.26. The molecule has 0 unspecified atom stereocenters. The summed E-state index contributed by atoms with van der Waals surface area (Å²) < 4.78 is 1.02. The van der Waals surface area contributed by atoms with Gasteiger partial charge >= 0.3 is 0 Å². The van der Waals surface area contributed by atoms with Crippen molar-refractivity contribution in [1.29, 1.82) is 0 Å². The average molecular weight is 344 g/mol. The molecular formula is C15H14BrN5. The SMILES string of the molecule is Cc1cc(-c2[nH]nc(N)c2-c2ccc(Br)cc2)c(C)nn1. The Hall–Kier alpha value is -2.21. The normalized spacial score (nSPS) is 10.8. The maximum Gasteiger partial charge on any atom is 0.153 e. The third-order valence-corrected chi connectivity index (χ3v) is 3.83. The fourth-order valence-corrected chi connectivity index (χ4v) is 2.53. The van der Waals surface area contributed by atoms with Crippen LogP contribution in [0.2, 0.25) is 0 Å². The van der Waals surface area contributed by atoms with Crippen LogP contribution in [0.4, 0.5) is 5.82 Å². The van der Waals surface area contributed by atoms with Gasteiger partial charge in [0.25, 0.3) is 0 Å². The molecular weight excluding hydrogens is 330 g/mol. The molecule has 0 radical (unpaired) electrons. The van der Waals surface area contributed by atoms with Gasteiger partial charge in [0.05, 0.1) is 22.6 Å². The molecule has 2 aromatic heterocycles. The zero-order chi connectivity index (χ0) is 15.0. The first kappa shape index (κ1) is 13.8. The summed E-state index contributed by atoms with van der Waals surface area (Å²) in [6.45, 7) is 3.83. The molecule has 106 valence electrons. The van der Waals surface area contributed by atoms with E-state index in [0.717, 1.165) is 38.2 Å². The number of nitrogens with two attached hydrogens (primary N) is 1. The summed E-state index contributed by atoms with van der Waals surface area (Å²) in [7, 11) is 0. The third kappa shape index (κ3) is 2.54. The van der Waals surface area contributed by atoms with Crippen LogP contribution in [-0.4, -0.2) is 20.4 Å². The predicted octanol–water partition coefficient (Wildman–Crippen LogP) is 3.50. The summed E-state index contributed by atoms with van der Waals surface area (Å²) in [6, 6.07) is 9.96. The molecule has 0 atom stereocenters. The fraction of sp³-hybridized carbons (Fsp3) is 0.133. The Labute approximate surface area is 130 Å². The molecule has 6 heteroatoms. The van der Waals surface area contributed by atoms with Gasteiger partial charge in [-0.2, -0.15) is 15.3 Å². The first-order chi connectivity index (χ1) is 10.1. The van der Waals surface area contributed by atoms with Crippen LogP contribution in [0.15, 0.2) is 34.8 Å². The molecule has 0 saturated heterocycles. The van der Waals surface area contributed by atoms with Crippen molar-refractivity contribution in [2.75, 3.05) is 5.73 Å². The van der Waals surface area contributed by atoms with E-state index >= 15 is 0 Å². The molecule has 1 aromatic carbocycles. The second-order valence-corrected chi connectivity index (χ2v) is 5.77. The van der Waals surface area contributed by atoms with Crippen LogP contribution in [0.5, 0.6) is 0 Å². The van der Waals surface area contributed by atoms with Crippen molar-refractivity contribution in [2.24, 2.45) is 0 Å². The number of hydrogen-bond donors (Lipinski definition) is 2. The number of aryl methyl sites for hydroxylation is 2. The van der Waals surface area contributed by atoms with Gasteiger partial charge in [-0.3, -0.25) is 5.10 Å². The molecule has 3 N–H and O–H groups in total. The van der Waals surface area contributed by atoms with Crippen LogP contribution in [0.3, 0.4) is 0 Å². The highest BCUT2D eigenvalue weighted by molar-refractivity contribution is 9.10. The summed E-state index contributed by atoms with van der Waals surface area (Å²) in [6.07, 6.45) is 0. The van der Waals surface area contributed by atoms with Gasteiger partial charge < -0.3 is 5.73 Å². The van der Waals surface area contributed by atoms with E-state index in [0.29, 0.717) is 5.82 Å². The minimum atomic E-state index is 0.473. The number of nitrogens with one attached hydrogen (secondary N) is 1. The average Bonchev–Trinajstić information content (AvgIpc) is 2.84. The van der Waals surface area contributed by atoms with Crippen LogP contribution in [-0.2, 0) is 0 Å². The Bertz CT molecular complexity index is 792. The Morgan fingerprint density at radius 1 is 1.10 bits per heavy atom. The predicted molar refractivity (Wildman–Crippen MR) is 86.6 cm³/mol. The Morgan fingerprint density at radius 3 is 2.52 bits per heavy atom. The standard InChI is InChI=1S/C15H14BrN5/c1-8-7-12(9(2)19-18-8)14-13(15(17)21-20-14)10-3-5-11(16)6-4-10/h3-7H,1-2H3,(H3,17,20,21). The molecule has 3 rings (SSSR count). The van der Waals surface area contributed by atoms with Crippen molar-refractivity contribution in [2.45, 2.75) is 13.8 Å². The molecule has 0 bridgehead atoms. The van der Waals surface area contributed by atoms with Crippen LogP contribution >= 0.6 is 15.9 Å². The van der Waals surface area contributed by atoms with E-state index in [1.807, 2.05) is 44.2 Å². The van der Waals surface area contributed by atoms with E-state index in [9.17, 15) is 0 Å². The number of anilines is 1. The minimum absolute atomic E-state index is 0.473. The number of nitrogens with zero attached hydrogens (tertiary/aromatic N) is 3. The van der Waals surface area contributed by atoms with Crippen molar-refractivity contribution in [3.8, 4) is 22.4 Å². The second kappa shape index (κ2) is 5.29. The van der Waals surface area contributed by atoms with Crippen LogP contribution in [0.1, 0.15) is 11.4 Å². The van der Waals surface area contributed by atoms with Crippen molar-refractivity contribution in [1.82, 2.24) is 20.4 Å². The number of halogens is 1. The monoisotopic (exact) mass is 343 g/mol. The summed E-state index contributed by atoms with van der Waals surface area (Å²) in [4.78, 5) is 0. The number of aromatic nitrogens is 4. The number of aromatic amines is 1. The first-order valence-corrected chi connectivity index (χ1v) is 7.26. The maximum absolute atomic E-state index is 6.05. The molecule has 0 aliphatic heterocycles. The van der Waals surface area contributed by atoms with Crippen molar-refractivity contribution in [3.63, 3.8) is 0 Å². The van der Waals surface area contributed by atoms with Gasteiger partial charge in [-0.05, 0) is 37.6 Å². The smallest absolute Gasteiger partial charge is 0.153 e. The zero-order valence-corrected chi connectivity index (χ0v) is 13.3. The van der Waals surface area contributed by atoms with E-state index in [2.05, 4.69) is 36.3 Å². The van der Waals surface area contributed by atoms with Gasteiger partial charge in [-0.25, -0.2) is 0 Å². The second-order valence-electron chi connectivity index (χ2n) is 4.85.